The highest BCUT2D eigenvalue weighted by Gasteiger charge is 2.19. The monoisotopic (exact) mass is 661 g/mol. The largest absolute Gasteiger partial charge is 0.455 e. The summed E-state index contributed by atoms with van der Waals surface area (Å²) in [5, 5.41) is 1.93. The summed E-state index contributed by atoms with van der Waals surface area (Å²) in [7, 11) is 0. The maximum atomic E-state index is 6.55. The minimum absolute atomic E-state index is 0.590. The predicted octanol–water partition coefficient (Wildman–Crippen LogP) is 11.0. The zero-order valence-electron chi connectivity index (χ0n) is 26.6. The fourth-order valence-electron chi connectivity index (χ4n) is 6.04. The molecule has 0 saturated heterocycles. The van der Waals surface area contributed by atoms with Crippen LogP contribution >= 0.6 is 11.8 Å². The number of furan rings is 1. The maximum Gasteiger partial charge on any atom is 0.164 e. The van der Waals surface area contributed by atoms with Crippen molar-refractivity contribution in [1.82, 2.24) is 24.9 Å². The van der Waals surface area contributed by atoms with Gasteiger partial charge in [0.15, 0.2) is 23.3 Å². The van der Waals surface area contributed by atoms with Crippen molar-refractivity contribution in [2.75, 3.05) is 0 Å². The van der Waals surface area contributed by atoms with Crippen molar-refractivity contribution < 1.29 is 4.42 Å². The van der Waals surface area contributed by atoms with Gasteiger partial charge < -0.3 is 4.42 Å². The van der Waals surface area contributed by atoms with Gasteiger partial charge in [0, 0.05) is 44.1 Å². The van der Waals surface area contributed by atoms with Gasteiger partial charge in [-0.25, -0.2) is 24.9 Å². The van der Waals surface area contributed by atoms with Crippen LogP contribution in [0.25, 0.3) is 78.7 Å². The summed E-state index contributed by atoms with van der Waals surface area (Å²) in [5.41, 5.74) is 6.94. The third kappa shape index (κ3) is 5.70. The number of rotatable bonds is 7. The van der Waals surface area contributed by atoms with Crippen LogP contribution in [0.5, 0.6) is 0 Å². The van der Waals surface area contributed by atoms with Crippen LogP contribution in [0.2, 0.25) is 0 Å². The van der Waals surface area contributed by atoms with Crippen molar-refractivity contribution >= 4 is 33.7 Å². The Morgan fingerprint density at radius 2 is 1.02 bits per heavy atom. The fourth-order valence-corrected chi connectivity index (χ4v) is 6.96. The molecule has 0 radical (unpaired) electrons. The molecule has 3 heterocycles. The van der Waals surface area contributed by atoms with Gasteiger partial charge in [-0.15, -0.1) is 0 Å². The van der Waals surface area contributed by atoms with Crippen LogP contribution in [-0.2, 0) is 0 Å². The van der Waals surface area contributed by atoms with Crippen molar-refractivity contribution in [3.8, 4) is 56.8 Å². The van der Waals surface area contributed by atoms with E-state index >= 15 is 0 Å². The van der Waals surface area contributed by atoms with Crippen LogP contribution in [0.3, 0.4) is 0 Å². The van der Waals surface area contributed by atoms with E-state index in [1.54, 1.807) is 11.8 Å². The molecule has 0 amide bonds. The second-order valence-electron chi connectivity index (χ2n) is 11.7. The van der Waals surface area contributed by atoms with Crippen molar-refractivity contribution in [3.63, 3.8) is 0 Å². The quantitative estimate of drug-likeness (QED) is 0.168. The lowest BCUT2D eigenvalue weighted by atomic mass is 10.1. The third-order valence-corrected chi connectivity index (χ3v) is 9.50. The Morgan fingerprint density at radius 3 is 1.66 bits per heavy atom. The Hall–Kier alpha value is -6.44. The van der Waals surface area contributed by atoms with Crippen LogP contribution in [0.15, 0.2) is 178 Å². The first-order valence-corrected chi connectivity index (χ1v) is 17.1. The molecular formula is C43H27N5OS. The van der Waals surface area contributed by atoms with E-state index in [1.165, 1.54) is 0 Å². The van der Waals surface area contributed by atoms with E-state index in [0.29, 0.717) is 23.3 Å². The Labute approximate surface area is 292 Å². The summed E-state index contributed by atoms with van der Waals surface area (Å²) in [6.07, 6.45) is 1.91. The number of para-hydroxylation sites is 1. The minimum Gasteiger partial charge on any atom is -0.455 e. The molecule has 0 bridgehead atoms. The lowest BCUT2D eigenvalue weighted by molar-refractivity contribution is 0.669. The molecule has 0 aliphatic carbocycles. The molecule has 0 fully saturated rings. The Morgan fingerprint density at radius 1 is 0.440 bits per heavy atom. The summed E-state index contributed by atoms with van der Waals surface area (Å²) in [4.78, 5) is 26.9. The molecular weight excluding hydrogens is 635 g/mol. The summed E-state index contributed by atoms with van der Waals surface area (Å²) < 4.78 is 6.55. The SMILES string of the molecule is c1ccc(Sc2cnc(-c3cccc4c3oc3ccc(-c5nc(-c6ccccc6)nc(-c6ccccc6)n5)cc34)nc2-c2ccccc2)cc1. The zero-order valence-corrected chi connectivity index (χ0v) is 27.5. The Bertz CT molecular complexity index is 2550. The van der Waals surface area contributed by atoms with Crippen LogP contribution in [-0.4, -0.2) is 24.9 Å². The lowest BCUT2D eigenvalue weighted by Gasteiger charge is -2.11. The molecule has 0 saturated carbocycles. The van der Waals surface area contributed by atoms with Gasteiger partial charge in [0.05, 0.1) is 16.2 Å². The number of hydrogen-bond donors (Lipinski definition) is 0. The second kappa shape index (κ2) is 12.9. The lowest BCUT2D eigenvalue weighted by Crippen LogP contribution is -2.00. The van der Waals surface area contributed by atoms with E-state index in [9.17, 15) is 0 Å². The first-order valence-electron chi connectivity index (χ1n) is 16.3. The fraction of sp³-hybridized carbons (Fsp3) is 0. The van der Waals surface area contributed by atoms with Crippen molar-refractivity contribution in [2.45, 2.75) is 9.79 Å². The molecule has 0 unspecified atom stereocenters. The highest BCUT2D eigenvalue weighted by Crippen LogP contribution is 2.39. The van der Waals surface area contributed by atoms with Gasteiger partial charge >= 0.3 is 0 Å². The van der Waals surface area contributed by atoms with Gasteiger partial charge in [0.25, 0.3) is 0 Å². The maximum absolute atomic E-state index is 6.55. The molecule has 0 N–H and O–H groups in total. The third-order valence-electron chi connectivity index (χ3n) is 8.47. The molecule has 0 atom stereocenters. The van der Waals surface area contributed by atoms with E-state index in [1.807, 2.05) is 128 Å². The van der Waals surface area contributed by atoms with Gasteiger partial charge in [0.2, 0.25) is 0 Å². The van der Waals surface area contributed by atoms with E-state index in [-0.39, 0.29) is 0 Å². The second-order valence-corrected chi connectivity index (χ2v) is 12.8. The molecule has 0 spiro atoms. The van der Waals surface area contributed by atoms with E-state index in [2.05, 4.69) is 36.4 Å². The standard InChI is InChI=1S/C43H27N5OS/c1-5-14-28(15-6-1)38-37(50-32-20-11-4-12-21-32)27-44-43(45-38)34-23-13-22-33-35-26-31(24-25-36(35)49-39(33)34)42-47-40(29-16-7-2-8-17-29)46-41(48-42)30-18-9-3-10-19-30/h1-27H. The summed E-state index contributed by atoms with van der Waals surface area (Å²) in [6, 6.07) is 52.7. The van der Waals surface area contributed by atoms with E-state index in [0.717, 1.165) is 65.2 Å². The van der Waals surface area contributed by atoms with Gasteiger partial charge in [-0.3, -0.25) is 0 Å². The molecule has 236 valence electrons. The average Bonchev–Trinajstić information content (AvgIpc) is 3.58. The molecule has 6 aromatic carbocycles. The predicted molar refractivity (Wildman–Crippen MR) is 200 cm³/mol. The highest BCUT2D eigenvalue weighted by molar-refractivity contribution is 7.99. The first kappa shape index (κ1) is 29.7. The number of benzene rings is 6. The first-order chi connectivity index (χ1) is 24.8. The number of fused-ring (bicyclic) bond motifs is 3. The van der Waals surface area contributed by atoms with Crippen molar-refractivity contribution in [2.24, 2.45) is 0 Å². The summed E-state index contributed by atoms with van der Waals surface area (Å²) in [5.74, 6) is 2.43. The normalized spacial score (nSPS) is 11.3. The molecule has 6 nitrogen and oxygen atoms in total. The summed E-state index contributed by atoms with van der Waals surface area (Å²) >= 11 is 1.65. The molecule has 9 rings (SSSR count). The number of nitrogens with zero attached hydrogens (tertiary/aromatic N) is 5. The summed E-state index contributed by atoms with van der Waals surface area (Å²) in [6.45, 7) is 0. The van der Waals surface area contributed by atoms with Crippen molar-refractivity contribution in [3.05, 3.63) is 164 Å². The Kier molecular flexibility index (Phi) is 7.64. The minimum atomic E-state index is 0.590. The van der Waals surface area contributed by atoms with Gasteiger partial charge in [-0.2, -0.15) is 0 Å². The molecule has 0 aliphatic rings. The zero-order chi connectivity index (χ0) is 33.3. The van der Waals surface area contributed by atoms with Crippen molar-refractivity contribution in [1.29, 1.82) is 0 Å². The number of hydrogen-bond acceptors (Lipinski definition) is 7. The molecule has 7 heteroatoms. The average molecular weight is 662 g/mol. The Balaban J connectivity index is 1.16. The van der Waals surface area contributed by atoms with Crippen LogP contribution < -0.4 is 0 Å². The molecule has 9 aromatic rings. The topological polar surface area (TPSA) is 77.6 Å². The van der Waals surface area contributed by atoms with Gasteiger partial charge in [-0.05, 0) is 36.4 Å². The van der Waals surface area contributed by atoms with E-state index < -0.39 is 0 Å². The molecule has 3 aromatic heterocycles. The number of aromatic nitrogens is 5. The smallest absolute Gasteiger partial charge is 0.164 e. The van der Waals surface area contributed by atoms with Crippen LogP contribution in [0.4, 0.5) is 0 Å². The molecule has 50 heavy (non-hydrogen) atoms. The van der Waals surface area contributed by atoms with Gasteiger partial charge in [0.1, 0.15) is 11.2 Å². The van der Waals surface area contributed by atoms with Gasteiger partial charge in [-0.1, -0.05) is 133 Å². The molecule has 0 aliphatic heterocycles. The highest BCUT2D eigenvalue weighted by atomic mass is 32.2. The van der Waals surface area contributed by atoms with Crippen LogP contribution in [0, 0.1) is 0 Å². The van der Waals surface area contributed by atoms with Crippen LogP contribution in [0.1, 0.15) is 0 Å². The van der Waals surface area contributed by atoms with E-state index in [4.69, 9.17) is 29.3 Å².